The van der Waals surface area contributed by atoms with Crippen LogP contribution in [0.3, 0.4) is 0 Å². The number of aldehydes is 1. The molecule has 0 saturated carbocycles. The van der Waals surface area contributed by atoms with E-state index >= 15 is 0 Å². The highest BCUT2D eigenvalue weighted by molar-refractivity contribution is 9.10. The molecule has 11 heavy (non-hydrogen) atoms. The number of nitrogens with two attached hydrogens (primary N) is 1. The van der Waals surface area contributed by atoms with Crippen LogP contribution in [0.1, 0.15) is 10.4 Å². The smallest absolute Gasteiger partial charge is 0.152 e. The SMILES string of the molecule is Nc1c(Cl)cc(Br)cc1C=O. The Morgan fingerprint density at radius 2 is 2.18 bits per heavy atom. The topological polar surface area (TPSA) is 43.1 Å². The molecular weight excluding hydrogens is 229 g/mol. The third kappa shape index (κ3) is 1.73. The Morgan fingerprint density at radius 1 is 1.55 bits per heavy atom. The minimum absolute atomic E-state index is 0.324. The summed E-state index contributed by atoms with van der Waals surface area (Å²) < 4.78 is 0.749. The molecule has 0 fully saturated rings. The maximum absolute atomic E-state index is 10.4. The molecule has 0 heterocycles. The van der Waals surface area contributed by atoms with Crippen molar-refractivity contribution in [3.8, 4) is 0 Å². The summed E-state index contributed by atoms with van der Waals surface area (Å²) in [4.78, 5) is 10.4. The first-order chi connectivity index (χ1) is 5.15. The zero-order chi connectivity index (χ0) is 8.43. The fourth-order valence-corrected chi connectivity index (χ4v) is 1.54. The monoisotopic (exact) mass is 233 g/mol. The van der Waals surface area contributed by atoms with E-state index in [0.717, 1.165) is 4.47 Å². The van der Waals surface area contributed by atoms with E-state index in [2.05, 4.69) is 15.9 Å². The van der Waals surface area contributed by atoms with E-state index in [0.29, 0.717) is 22.6 Å². The van der Waals surface area contributed by atoms with Gasteiger partial charge in [-0.1, -0.05) is 27.5 Å². The van der Waals surface area contributed by atoms with Crippen LogP contribution < -0.4 is 5.73 Å². The zero-order valence-electron chi connectivity index (χ0n) is 5.47. The second kappa shape index (κ2) is 3.24. The zero-order valence-corrected chi connectivity index (χ0v) is 7.82. The van der Waals surface area contributed by atoms with Crippen molar-refractivity contribution in [3.63, 3.8) is 0 Å². The molecule has 0 bridgehead atoms. The number of anilines is 1. The minimum Gasteiger partial charge on any atom is -0.397 e. The quantitative estimate of drug-likeness (QED) is 0.599. The molecule has 0 amide bonds. The van der Waals surface area contributed by atoms with Gasteiger partial charge in [-0.3, -0.25) is 4.79 Å². The maximum Gasteiger partial charge on any atom is 0.152 e. The van der Waals surface area contributed by atoms with E-state index < -0.39 is 0 Å². The highest BCUT2D eigenvalue weighted by Gasteiger charge is 2.03. The number of carbonyl (C=O) groups excluding carboxylic acids is 1. The summed E-state index contributed by atoms with van der Waals surface area (Å²) in [5.41, 5.74) is 6.21. The van der Waals surface area contributed by atoms with Crippen molar-refractivity contribution in [1.82, 2.24) is 0 Å². The van der Waals surface area contributed by atoms with Crippen LogP contribution in [0.25, 0.3) is 0 Å². The summed E-state index contributed by atoms with van der Waals surface area (Å²) in [5, 5.41) is 0.390. The summed E-state index contributed by atoms with van der Waals surface area (Å²) >= 11 is 8.87. The lowest BCUT2D eigenvalue weighted by Crippen LogP contribution is -1.93. The summed E-state index contributed by atoms with van der Waals surface area (Å²) in [6, 6.07) is 3.26. The van der Waals surface area contributed by atoms with Crippen molar-refractivity contribution in [2.45, 2.75) is 0 Å². The van der Waals surface area contributed by atoms with Crippen molar-refractivity contribution in [3.05, 3.63) is 27.2 Å². The second-order valence-corrected chi connectivity index (χ2v) is 3.33. The first kappa shape index (κ1) is 8.56. The molecule has 0 aromatic heterocycles. The van der Waals surface area contributed by atoms with Crippen LogP contribution in [0.4, 0.5) is 5.69 Å². The van der Waals surface area contributed by atoms with Gasteiger partial charge in [0.25, 0.3) is 0 Å². The first-order valence-corrected chi connectivity index (χ1v) is 4.02. The summed E-state index contributed by atoms with van der Waals surface area (Å²) in [7, 11) is 0. The molecule has 0 aliphatic rings. The maximum atomic E-state index is 10.4. The van der Waals surface area contributed by atoms with Crippen molar-refractivity contribution in [1.29, 1.82) is 0 Å². The number of halogens is 2. The van der Waals surface area contributed by atoms with Crippen LogP contribution in [-0.2, 0) is 0 Å². The predicted octanol–water partition coefficient (Wildman–Crippen LogP) is 2.50. The molecular formula is C7H5BrClNO. The van der Waals surface area contributed by atoms with Gasteiger partial charge in [0, 0.05) is 10.0 Å². The van der Waals surface area contributed by atoms with Crippen LogP contribution in [-0.4, -0.2) is 6.29 Å². The van der Waals surface area contributed by atoms with Crippen molar-refractivity contribution < 1.29 is 4.79 Å². The lowest BCUT2D eigenvalue weighted by Gasteiger charge is -2.01. The molecule has 0 saturated heterocycles. The molecule has 0 radical (unpaired) electrons. The molecule has 1 rings (SSSR count). The molecule has 1 aromatic rings. The first-order valence-electron chi connectivity index (χ1n) is 2.85. The Morgan fingerprint density at radius 3 is 2.73 bits per heavy atom. The summed E-state index contributed by atoms with van der Waals surface area (Å²) in [5.74, 6) is 0. The molecule has 1 aromatic carbocycles. The summed E-state index contributed by atoms with van der Waals surface area (Å²) in [6.45, 7) is 0. The van der Waals surface area contributed by atoms with E-state index in [9.17, 15) is 4.79 Å². The van der Waals surface area contributed by atoms with Gasteiger partial charge in [-0.25, -0.2) is 0 Å². The van der Waals surface area contributed by atoms with E-state index in [-0.39, 0.29) is 0 Å². The lowest BCUT2D eigenvalue weighted by atomic mass is 10.2. The Bertz CT molecular complexity index is 301. The molecule has 0 unspecified atom stereocenters. The van der Waals surface area contributed by atoms with Crippen molar-refractivity contribution in [2.75, 3.05) is 5.73 Å². The molecule has 0 spiro atoms. The van der Waals surface area contributed by atoms with Crippen molar-refractivity contribution >= 4 is 39.5 Å². The van der Waals surface area contributed by atoms with Crippen LogP contribution in [0.5, 0.6) is 0 Å². The Kier molecular flexibility index (Phi) is 2.52. The van der Waals surface area contributed by atoms with E-state index in [1.54, 1.807) is 12.1 Å². The highest BCUT2D eigenvalue weighted by Crippen LogP contribution is 2.26. The average molecular weight is 234 g/mol. The van der Waals surface area contributed by atoms with Gasteiger partial charge in [0.2, 0.25) is 0 Å². The number of benzene rings is 1. The summed E-state index contributed by atoms with van der Waals surface area (Å²) in [6.07, 6.45) is 0.673. The van der Waals surface area contributed by atoms with Gasteiger partial charge in [0.05, 0.1) is 10.7 Å². The number of carbonyl (C=O) groups is 1. The minimum atomic E-state index is 0.324. The van der Waals surface area contributed by atoms with Crippen molar-refractivity contribution in [2.24, 2.45) is 0 Å². The van der Waals surface area contributed by atoms with Crippen LogP contribution >= 0.6 is 27.5 Å². The molecule has 4 heteroatoms. The number of nitrogen functional groups attached to an aromatic ring is 1. The molecule has 58 valence electrons. The normalized spacial score (nSPS) is 9.64. The van der Waals surface area contributed by atoms with E-state index in [1.165, 1.54) is 0 Å². The van der Waals surface area contributed by atoms with E-state index in [1.807, 2.05) is 0 Å². The molecule has 2 nitrogen and oxygen atoms in total. The second-order valence-electron chi connectivity index (χ2n) is 2.01. The fourth-order valence-electron chi connectivity index (χ4n) is 0.702. The highest BCUT2D eigenvalue weighted by atomic mass is 79.9. The Hall–Kier alpha value is -0.540. The van der Waals surface area contributed by atoms with Crippen LogP contribution in [0.2, 0.25) is 5.02 Å². The predicted molar refractivity (Wildman–Crippen MR) is 49.0 cm³/mol. The van der Waals surface area contributed by atoms with E-state index in [4.69, 9.17) is 17.3 Å². The fraction of sp³-hybridized carbons (Fsp3) is 0. The number of hydrogen-bond donors (Lipinski definition) is 1. The average Bonchev–Trinajstić information content (AvgIpc) is 1.96. The van der Waals surface area contributed by atoms with Gasteiger partial charge in [-0.05, 0) is 12.1 Å². The van der Waals surface area contributed by atoms with Crippen LogP contribution in [0, 0.1) is 0 Å². The third-order valence-electron chi connectivity index (χ3n) is 1.25. The number of rotatable bonds is 1. The third-order valence-corrected chi connectivity index (χ3v) is 2.02. The number of hydrogen-bond acceptors (Lipinski definition) is 2. The standard InChI is InChI=1S/C7H5BrClNO/c8-5-1-4(3-11)7(10)6(9)2-5/h1-3H,10H2. The molecule has 2 N–H and O–H groups in total. The van der Waals surface area contributed by atoms with Gasteiger partial charge >= 0.3 is 0 Å². The largest absolute Gasteiger partial charge is 0.397 e. The lowest BCUT2D eigenvalue weighted by molar-refractivity contribution is 0.112. The van der Waals surface area contributed by atoms with Gasteiger partial charge in [-0.15, -0.1) is 0 Å². The van der Waals surface area contributed by atoms with Gasteiger partial charge in [0.15, 0.2) is 6.29 Å². The molecule has 0 atom stereocenters. The van der Waals surface area contributed by atoms with Gasteiger partial charge < -0.3 is 5.73 Å². The van der Waals surface area contributed by atoms with Gasteiger partial charge in [-0.2, -0.15) is 0 Å². The Balaban J connectivity index is 3.35. The van der Waals surface area contributed by atoms with Gasteiger partial charge in [0.1, 0.15) is 0 Å². The molecule has 0 aliphatic carbocycles. The van der Waals surface area contributed by atoms with Crippen LogP contribution in [0.15, 0.2) is 16.6 Å². The Labute approximate surface area is 77.5 Å². The molecule has 0 aliphatic heterocycles.